The van der Waals surface area contributed by atoms with Gasteiger partial charge < -0.3 is 30.1 Å². The first-order valence-electron chi connectivity index (χ1n) is 13.5. The lowest BCUT2D eigenvalue weighted by Crippen LogP contribution is -2.54. The molecule has 2 aromatic carbocycles. The number of hydrogen-bond acceptors (Lipinski definition) is 6. The number of hydrogen-bond donors (Lipinski definition) is 3. The monoisotopic (exact) mass is 551 g/mol. The Kier molecular flexibility index (Phi) is 12.5. The summed E-state index contributed by atoms with van der Waals surface area (Å²) in [7, 11) is 1.55. The molecule has 0 aromatic heterocycles. The number of aliphatic hydroxyl groups is 1. The number of carbonyl (C=O) groups excluding carboxylic acids is 3. The van der Waals surface area contributed by atoms with Crippen LogP contribution in [0.1, 0.15) is 70.5 Å². The van der Waals surface area contributed by atoms with E-state index in [4.69, 9.17) is 15.9 Å². The normalized spacial score (nSPS) is 12.4. The molecule has 0 saturated carbocycles. The van der Waals surface area contributed by atoms with Crippen molar-refractivity contribution in [3.8, 4) is 18.1 Å². The van der Waals surface area contributed by atoms with Crippen LogP contribution in [-0.2, 0) is 14.3 Å². The number of methoxy groups -OCH3 is 1. The van der Waals surface area contributed by atoms with Crippen molar-refractivity contribution in [2.45, 2.75) is 71.1 Å². The third-order valence-electron chi connectivity index (χ3n) is 6.04. The van der Waals surface area contributed by atoms with Crippen LogP contribution in [0.25, 0.3) is 0 Å². The molecule has 0 heterocycles. The van der Waals surface area contributed by atoms with Crippen molar-refractivity contribution in [2.24, 2.45) is 0 Å². The Labute approximate surface area is 237 Å². The van der Waals surface area contributed by atoms with Crippen LogP contribution in [0, 0.1) is 12.3 Å². The van der Waals surface area contributed by atoms with Crippen LogP contribution < -0.4 is 15.4 Å². The molecule has 2 atom stereocenters. The van der Waals surface area contributed by atoms with E-state index in [-0.39, 0.29) is 6.54 Å². The molecule has 9 heteroatoms. The maximum absolute atomic E-state index is 13.9. The Hall–Kier alpha value is -4.03. The number of nitrogens with zero attached hydrogens (tertiary/aromatic N) is 1. The predicted molar refractivity (Wildman–Crippen MR) is 155 cm³/mol. The molecule has 40 heavy (non-hydrogen) atoms. The van der Waals surface area contributed by atoms with E-state index in [1.165, 1.54) is 4.90 Å². The Balaban J connectivity index is 2.52. The summed E-state index contributed by atoms with van der Waals surface area (Å²) < 4.78 is 10.5. The largest absolute Gasteiger partial charge is 0.497 e. The molecule has 0 bridgehead atoms. The number of nitrogens with one attached hydrogen (secondary N) is 2. The van der Waals surface area contributed by atoms with Crippen molar-refractivity contribution in [1.29, 1.82) is 0 Å². The van der Waals surface area contributed by atoms with Crippen LogP contribution in [-0.4, -0.2) is 59.8 Å². The molecule has 0 saturated heterocycles. The smallest absolute Gasteiger partial charge is 0.408 e. The van der Waals surface area contributed by atoms with Crippen molar-refractivity contribution in [3.63, 3.8) is 0 Å². The van der Waals surface area contributed by atoms with E-state index in [2.05, 4.69) is 23.5 Å². The SMILES string of the molecule is C#Cc1ccccc1C(C(=O)Nc1ccc(OC)cc1)N(CCCCCC)C(=O)C(CO)NC(=O)OC(C)(C)C. The van der Waals surface area contributed by atoms with Gasteiger partial charge >= 0.3 is 6.09 Å². The number of carbonyl (C=O) groups is 3. The first-order valence-corrected chi connectivity index (χ1v) is 13.5. The van der Waals surface area contributed by atoms with Gasteiger partial charge in [-0.1, -0.05) is 50.3 Å². The van der Waals surface area contributed by atoms with Crippen molar-refractivity contribution >= 4 is 23.6 Å². The minimum absolute atomic E-state index is 0.199. The van der Waals surface area contributed by atoms with Crippen LogP contribution in [0.15, 0.2) is 48.5 Å². The first-order chi connectivity index (χ1) is 19.0. The highest BCUT2D eigenvalue weighted by Crippen LogP contribution is 2.28. The Morgan fingerprint density at radius 1 is 1.05 bits per heavy atom. The quantitative estimate of drug-likeness (QED) is 0.246. The van der Waals surface area contributed by atoms with Crippen molar-refractivity contribution in [1.82, 2.24) is 10.2 Å². The molecule has 0 fully saturated rings. The number of amides is 3. The lowest BCUT2D eigenvalue weighted by atomic mass is 9.97. The zero-order valence-electron chi connectivity index (χ0n) is 24.0. The lowest BCUT2D eigenvalue weighted by Gasteiger charge is -2.34. The molecule has 0 spiro atoms. The minimum Gasteiger partial charge on any atom is -0.497 e. The van der Waals surface area contributed by atoms with E-state index in [1.54, 1.807) is 76.4 Å². The van der Waals surface area contributed by atoms with Gasteiger partial charge in [0.25, 0.3) is 5.91 Å². The maximum Gasteiger partial charge on any atom is 0.408 e. The summed E-state index contributed by atoms with van der Waals surface area (Å²) in [5.41, 5.74) is 0.593. The van der Waals surface area contributed by atoms with Gasteiger partial charge in [0.2, 0.25) is 5.91 Å². The Bertz CT molecular complexity index is 1170. The molecule has 9 nitrogen and oxygen atoms in total. The number of unbranched alkanes of at least 4 members (excludes halogenated alkanes) is 3. The molecule has 0 radical (unpaired) electrons. The second-order valence-corrected chi connectivity index (χ2v) is 10.3. The first kappa shape index (κ1) is 32.2. The Morgan fingerprint density at radius 2 is 1.73 bits per heavy atom. The van der Waals surface area contributed by atoms with E-state index in [0.29, 0.717) is 29.0 Å². The highest BCUT2D eigenvalue weighted by Gasteiger charge is 2.37. The molecule has 2 aromatic rings. The third kappa shape index (κ3) is 9.62. The fourth-order valence-electron chi connectivity index (χ4n) is 4.11. The number of benzene rings is 2. The number of anilines is 1. The van der Waals surface area contributed by atoms with Gasteiger partial charge in [-0.25, -0.2) is 4.79 Å². The van der Waals surface area contributed by atoms with Crippen LogP contribution in [0.3, 0.4) is 0 Å². The number of terminal acetylenes is 1. The van der Waals surface area contributed by atoms with E-state index >= 15 is 0 Å². The van der Waals surface area contributed by atoms with Gasteiger partial charge in [-0.3, -0.25) is 9.59 Å². The second-order valence-electron chi connectivity index (χ2n) is 10.3. The second kappa shape index (κ2) is 15.5. The lowest BCUT2D eigenvalue weighted by molar-refractivity contribution is -0.141. The summed E-state index contributed by atoms with van der Waals surface area (Å²) in [5.74, 6) is 2.10. The Morgan fingerprint density at radius 3 is 2.30 bits per heavy atom. The summed E-state index contributed by atoms with van der Waals surface area (Å²) in [6, 6.07) is 11.2. The molecule has 3 N–H and O–H groups in total. The van der Waals surface area contributed by atoms with Gasteiger partial charge in [0.05, 0.1) is 13.7 Å². The minimum atomic E-state index is -1.34. The van der Waals surface area contributed by atoms with Gasteiger partial charge in [0.15, 0.2) is 0 Å². The number of ether oxygens (including phenoxy) is 2. The van der Waals surface area contributed by atoms with Gasteiger partial charge in [0.1, 0.15) is 23.4 Å². The fraction of sp³-hybridized carbons (Fsp3) is 0.452. The summed E-state index contributed by atoms with van der Waals surface area (Å²) in [5, 5.41) is 15.4. The summed E-state index contributed by atoms with van der Waals surface area (Å²) in [6.07, 6.45) is 8.30. The summed E-state index contributed by atoms with van der Waals surface area (Å²) in [6.45, 7) is 6.66. The zero-order valence-corrected chi connectivity index (χ0v) is 24.0. The average molecular weight is 552 g/mol. The van der Waals surface area contributed by atoms with Gasteiger partial charge in [-0.15, -0.1) is 6.42 Å². The van der Waals surface area contributed by atoms with E-state index in [0.717, 1.165) is 19.3 Å². The van der Waals surface area contributed by atoms with Crippen LogP contribution in [0.4, 0.5) is 10.5 Å². The number of alkyl carbamates (subject to hydrolysis) is 1. The van der Waals surface area contributed by atoms with E-state index in [1.807, 2.05) is 0 Å². The van der Waals surface area contributed by atoms with Gasteiger partial charge in [0, 0.05) is 17.8 Å². The molecule has 0 aliphatic heterocycles. The molecule has 2 unspecified atom stereocenters. The topological polar surface area (TPSA) is 117 Å². The molecule has 216 valence electrons. The van der Waals surface area contributed by atoms with Crippen LogP contribution in [0.2, 0.25) is 0 Å². The number of rotatable bonds is 13. The molecule has 2 rings (SSSR count). The molecule has 0 aliphatic carbocycles. The maximum atomic E-state index is 13.9. The highest BCUT2D eigenvalue weighted by molar-refractivity contribution is 5.99. The third-order valence-corrected chi connectivity index (χ3v) is 6.04. The van der Waals surface area contributed by atoms with Crippen LogP contribution >= 0.6 is 0 Å². The van der Waals surface area contributed by atoms with Gasteiger partial charge in [-0.05, 0) is 63.1 Å². The summed E-state index contributed by atoms with van der Waals surface area (Å²) >= 11 is 0. The molecule has 0 aliphatic rings. The fourth-order valence-corrected chi connectivity index (χ4v) is 4.11. The van der Waals surface area contributed by atoms with Crippen molar-refractivity contribution in [3.05, 3.63) is 59.7 Å². The molecular formula is C31H41N3O6. The summed E-state index contributed by atoms with van der Waals surface area (Å²) in [4.78, 5) is 41.7. The van der Waals surface area contributed by atoms with Crippen LogP contribution in [0.5, 0.6) is 5.75 Å². The van der Waals surface area contributed by atoms with Crippen molar-refractivity contribution < 1.29 is 29.0 Å². The zero-order chi connectivity index (χ0) is 29.7. The standard InChI is InChI=1S/C31H41N3O6/c1-7-9-10-13-20-34(29(37)26(21-35)33-30(38)40-31(3,4)5)27(25-15-12-11-14-22(25)8-2)28(36)32-23-16-18-24(39-6)19-17-23/h2,11-12,14-19,26-27,35H,7,9-10,13,20-21H2,1,3-6H3,(H,32,36)(H,33,38). The predicted octanol–water partition coefficient (Wildman–Crippen LogP) is 4.65. The van der Waals surface area contributed by atoms with Gasteiger partial charge in [-0.2, -0.15) is 0 Å². The molecular weight excluding hydrogens is 510 g/mol. The highest BCUT2D eigenvalue weighted by atomic mass is 16.6. The molecule has 3 amide bonds. The van der Waals surface area contributed by atoms with E-state index < -0.39 is 42.2 Å². The van der Waals surface area contributed by atoms with E-state index in [9.17, 15) is 19.5 Å². The number of aliphatic hydroxyl groups excluding tert-OH is 1. The van der Waals surface area contributed by atoms with Crippen molar-refractivity contribution in [2.75, 3.05) is 25.6 Å². The average Bonchev–Trinajstić information content (AvgIpc) is 2.92.